The van der Waals surface area contributed by atoms with Gasteiger partial charge in [0.1, 0.15) is 39.3 Å². The molecule has 122 valence electrons. The van der Waals surface area contributed by atoms with Gasteiger partial charge in [-0.25, -0.2) is 0 Å². The molecule has 3 rings (SSSR count). The fourth-order valence-electron chi connectivity index (χ4n) is 3.34. The minimum atomic E-state index is 0.293. The van der Waals surface area contributed by atoms with Gasteiger partial charge in [-0.05, 0) is 12.1 Å². The highest BCUT2D eigenvalue weighted by atomic mass is 16.5. The van der Waals surface area contributed by atoms with Crippen LogP contribution in [0.5, 0.6) is 11.5 Å². The normalized spacial score (nSPS) is 21.1. The van der Waals surface area contributed by atoms with Gasteiger partial charge in [0.15, 0.2) is 11.5 Å². The number of piperazine rings is 1. The molecule has 0 radical (unpaired) electrons. The second kappa shape index (κ2) is 7.49. The molecule has 0 amide bonds. The number of quaternary nitrogens is 2. The summed E-state index contributed by atoms with van der Waals surface area (Å²) < 4.78 is 5.19. The Balaban J connectivity index is 1.53. The first kappa shape index (κ1) is 15.8. The average Bonchev–Trinajstić information content (AvgIpc) is 2.59. The van der Waals surface area contributed by atoms with Crippen molar-refractivity contribution in [3.63, 3.8) is 0 Å². The Morgan fingerprint density at radius 1 is 0.870 bits per heavy atom. The zero-order valence-corrected chi connectivity index (χ0v) is 13.7. The van der Waals surface area contributed by atoms with Crippen molar-refractivity contribution in [2.75, 3.05) is 33.3 Å². The number of phenols is 1. The molecule has 1 fully saturated rings. The number of phenolic OH excluding ortho intramolecular Hbond substituents is 1. The van der Waals surface area contributed by atoms with E-state index in [-0.39, 0.29) is 0 Å². The largest absolute Gasteiger partial charge is 0.504 e. The third kappa shape index (κ3) is 4.03. The van der Waals surface area contributed by atoms with E-state index in [4.69, 9.17) is 4.74 Å². The molecule has 0 atom stereocenters. The molecule has 23 heavy (non-hydrogen) atoms. The maximum atomic E-state index is 10.2. The summed E-state index contributed by atoms with van der Waals surface area (Å²) in [6.45, 7) is 6.60. The molecule has 1 heterocycles. The third-order valence-electron chi connectivity index (χ3n) is 4.70. The fraction of sp³-hybridized carbons (Fsp3) is 0.368. The van der Waals surface area contributed by atoms with Gasteiger partial charge in [-0.15, -0.1) is 0 Å². The monoisotopic (exact) mass is 314 g/mol. The van der Waals surface area contributed by atoms with Crippen LogP contribution in [0, 0.1) is 0 Å². The van der Waals surface area contributed by atoms with Crippen LogP contribution in [-0.2, 0) is 13.1 Å². The molecule has 2 aromatic rings. The van der Waals surface area contributed by atoms with E-state index in [1.807, 2.05) is 12.1 Å². The van der Waals surface area contributed by atoms with Gasteiger partial charge in [0.2, 0.25) is 0 Å². The minimum absolute atomic E-state index is 0.293. The summed E-state index contributed by atoms with van der Waals surface area (Å²) in [6, 6.07) is 16.5. The Morgan fingerprint density at radius 2 is 1.52 bits per heavy atom. The molecule has 4 heteroatoms. The Bertz CT molecular complexity index is 623. The minimum Gasteiger partial charge on any atom is -0.504 e. The van der Waals surface area contributed by atoms with Crippen LogP contribution in [0.25, 0.3) is 0 Å². The lowest BCUT2D eigenvalue weighted by molar-refractivity contribution is -1.02. The van der Waals surface area contributed by atoms with Gasteiger partial charge in [0.25, 0.3) is 0 Å². The van der Waals surface area contributed by atoms with Gasteiger partial charge in [-0.2, -0.15) is 0 Å². The number of benzene rings is 2. The van der Waals surface area contributed by atoms with Crippen LogP contribution in [-0.4, -0.2) is 38.4 Å². The Labute approximate surface area is 137 Å². The molecule has 0 saturated carbocycles. The number of methoxy groups -OCH3 is 1. The first-order chi connectivity index (χ1) is 11.3. The number of nitrogens with one attached hydrogen (secondary N) is 2. The molecular formula is C19H26N2O2+2. The summed E-state index contributed by atoms with van der Waals surface area (Å²) in [6.07, 6.45) is 0. The van der Waals surface area contributed by atoms with E-state index in [0.717, 1.165) is 31.7 Å². The predicted octanol–water partition coefficient (Wildman–Crippen LogP) is -0.116. The van der Waals surface area contributed by atoms with Gasteiger partial charge in [0.05, 0.1) is 12.7 Å². The molecule has 3 N–H and O–H groups in total. The van der Waals surface area contributed by atoms with Gasteiger partial charge in [-0.3, -0.25) is 0 Å². The number of hydrogen-bond donors (Lipinski definition) is 3. The molecular weight excluding hydrogens is 288 g/mol. The fourth-order valence-corrected chi connectivity index (χ4v) is 3.34. The highest BCUT2D eigenvalue weighted by Gasteiger charge is 2.24. The zero-order valence-electron chi connectivity index (χ0n) is 13.7. The standard InChI is InChI=1S/C19H24N2O2/c1-23-18-9-5-8-17(19(18)22)15-21-12-10-20(11-13-21)14-16-6-3-2-4-7-16/h2-9,22H,10-15H2,1H3/p+2. The Morgan fingerprint density at radius 3 is 2.17 bits per heavy atom. The van der Waals surface area contributed by atoms with E-state index in [2.05, 4.69) is 30.3 Å². The zero-order chi connectivity index (χ0) is 16.1. The van der Waals surface area contributed by atoms with Crippen molar-refractivity contribution < 1.29 is 19.6 Å². The molecule has 1 saturated heterocycles. The molecule has 0 spiro atoms. The molecule has 4 nitrogen and oxygen atoms in total. The summed E-state index contributed by atoms with van der Waals surface area (Å²) in [7, 11) is 1.59. The van der Waals surface area contributed by atoms with Gasteiger partial charge < -0.3 is 19.6 Å². The molecule has 0 aliphatic carbocycles. The summed E-state index contributed by atoms with van der Waals surface area (Å²) in [4.78, 5) is 3.18. The van der Waals surface area contributed by atoms with Crippen LogP contribution >= 0.6 is 0 Å². The molecule has 0 unspecified atom stereocenters. The topological polar surface area (TPSA) is 38.3 Å². The summed E-state index contributed by atoms with van der Waals surface area (Å²) in [5.41, 5.74) is 2.39. The highest BCUT2D eigenvalue weighted by molar-refractivity contribution is 5.44. The summed E-state index contributed by atoms with van der Waals surface area (Å²) in [5.74, 6) is 0.858. The van der Waals surface area contributed by atoms with Crippen LogP contribution in [0.1, 0.15) is 11.1 Å². The van der Waals surface area contributed by atoms with E-state index in [1.165, 1.54) is 23.6 Å². The maximum Gasteiger partial charge on any atom is 0.166 e. The quantitative estimate of drug-likeness (QED) is 0.720. The lowest BCUT2D eigenvalue weighted by atomic mass is 10.1. The van der Waals surface area contributed by atoms with Crippen LogP contribution in [0.4, 0.5) is 0 Å². The number of aromatic hydroxyl groups is 1. The van der Waals surface area contributed by atoms with Crippen molar-refractivity contribution in [1.29, 1.82) is 0 Å². The van der Waals surface area contributed by atoms with E-state index in [9.17, 15) is 5.11 Å². The highest BCUT2D eigenvalue weighted by Crippen LogP contribution is 2.28. The average molecular weight is 314 g/mol. The molecule has 0 bridgehead atoms. The molecule has 1 aliphatic heterocycles. The van der Waals surface area contributed by atoms with E-state index < -0.39 is 0 Å². The van der Waals surface area contributed by atoms with E-state index in [0.29, 0.717) is 11.5 Å². The third-order valence-corrected chi connectivity index (χ3v) is 4.70. The first-order valence-electron chi connectivity index (χ1n) is 8.32. The SMILES string of the molecule is COc1cccc(C[NH+]2CC[NH+](Cc3ccccc3)CC2)c1O. The van der Waals surface area contributed by atoms with Crippen LogP contribution in [0.3, 0.4) is 0 Å². The van der Waals surface area contributed by atoms with Crippen molar-refractivity contribution in [3.8, 4) is 11.5 Å². The molecule has 0 aromatic heterocycles. The number of rotatable bonds is 5. The van der Waals surface area contributed by atoms with E-state index in [1.54, 1.807) is 18.1 Å². The number of ether oxygens (including phenoxy) is 1. The maximum absolute atomic E-state index is 10.2. The number of hydrogen-bond acceptors (Lipinski definition) is 2. The van der Waals surface area contributed by atoms with Crippen molar-refractivity contribution in [2.24, 2.45) is 0 Å². The summed E-state index contributed by atoms with van der Waals surface area (Å²) >= 11 is 0. The predicted molar refractivity (Wildman–Crippen MR) is 89.9 cm³/mol. The van der Waals surface area contributed by atoms with Crippen molar-refractivity contribution >= 4 is 0 Å². The van der Waals surface area contributed by atoms with Crippen LogP contribution < -0.4 is 14.5 Å². The van der Waals surface area contributed by atoms with Gasteiger partial charge >= 0.3 is 0 Å². The van der Waals surface area contributed by atoms with Gasteiger partial charge in [-0.1, -0.05) is 36.4 Å². The van der Waals surface area contributed by atoms with Crippen LogP contribution in [0.2, 0.25) is 0 Å². The molecule has 2 aromatic carbocycles. The number of para-hydroxylation sites is 1. The lowest BCUT2D eigenvalue weighted by Crippen LogP contribution is -3.27. The summed E-state index contributed by atoms with van der Waals surface area (Å²) in [5, 5.41) is 10.2. The van der Waals surface area contributed by atoms with Crippen molar-refractivity contribution in [3.05, 3.63) is 59.7 Å². The van der Waals surface area contributed by atoms with E-state index >= 15 is 0 Å². The van der Waals surface area contributed by atoms with Crippen molar-refractivity contribution in [1.82, 2.24) is 0 Å². The second-order valence-electron chi connectivity index (χ2n) is 6.31. The van der Waals surface area contributed by atoms with Gasteiger partial charge in [0, 0.05) is 5.56 Å². The van der Waals surface area contributed by atoms with Crippen LogP contribution in [0.15, 0.2) is 48.5 Å². The Hall–Kier alpha value is -2.04. The second-order valence-corrected chi connectivity index (χ2v) is 6.31. The smallest absolute Gasteiger partial charge is 0.166 e. The first-order valence-corrected chi connectivity index (χ1v) is 8.32. The molecule has 1 aliphatic rings. The lowest BCUT2D eigenvalue weighted by Gasteiger charge is -2.30. The van der Waals surface area contributed by atoms with Crippen molar-refractivity contribution in [2.45, 2.75) is 13.1 Å². The Kier molecular flexibility index (Phi) is 5.16.